The molecule has 0 aromatic rings. The third kappa shape index (κ3) is 15.8. The first-order valence-electron chi connectivity index (χ1n) is 9.81. The van der Waals surface area contributed by atoms with E-state index in [2.05, 4.69) is 13.8 Å². The van der Waals surface area contributed by atoms with Crippen molar-refractivity contribution in [1.82, 2.24) is 0 Å². The Morgan fingerprint density at radius 3 is 1.83 bits per heavy atom. The van der Waals surface area contributed by atoms with Gasteiger partial charge in [0.1, 0.15) is 11.9 Å². The van der Waals surface area contributed by atoms with Gasteiger partial charge in [-0.1, -0.05) is 71.6 Å². The van der Waals surface area contributed by atoms with E-state index in [-0.39, 0.29) is 17.9 Å². The van der Waals surface area contributed by atoms with E-state index in [1.54, 1.807) is 0 Å². The fourth-order valence-electron chi connectivity index (χ4n) is 2.70. The molecule has 0 radical (unpaired) electrons. The Hall–Kier alpha value is -0.860. The molecule has 0 fully saturated rings. The van der Waals surface area contributed by atoms with Crippen LogP contribution in [0.1, 0.15) is 111 Å². The summed E-state index contributed by atoms with van der Waals surface area (Å²) >= 11 is 0. The second kappa shape index (κ2) is 16.0. The minimum Gasteiger partial charge on any atom is -0.462 e. The maximum absolute atomic E-state index is 11.7. The Morgan fingerprint density at radius 1 is 0.739 bits per heavy atom. The maximum atomic E-state index is 11.7. The summed E-state index contributed by atoms with van der Waals surface area (Å²) in [6, 6.07) is 0. The highest BCUT2D eigenvalue weighted by Gasteiger charge is 2.13. The number of carbonyl (C=O) groups excluding carboxylic acids is 2. The van der Waals surface area contributed by atoms with Crippen LogP contribution in [-0.2, 0) is 14.3 Å². The van der Waals surface area contributed by atoms with Gasteiger partial charge in [0.05, 0.1) is 0 Å². The minimum atomic E-state index is -0.273. The molecule has 0 saturated heterocycles. The highest BCUT2D eigenvalue weighted by Crippen LogP contribution is 2.12. The molecule has 0 bridgehead atoms. The van der Waals surface area contributed by atoms with Crippen LogP contribution >= 0.6 is 0 Å². The smallest absolute Gasteiger partial charge is 0.306 e. The van der Waals surface area contributed by atoms with Gasteiger partial charge in [0, 0.05) is 19.3 Å². The number of unbranched alkanes of at least 4 members (excludes halogenated alkanes) is 9. The summed E-state index contributed by atoms with van der Waals surface area (Å²) < 4.78 is 5.31. The zero-order valence-corrected chi connectivity index (χ0v) is 15.7. The third-order valence-corrected chi connectivity index (χ3v) is 4.14. The average molecular weight is 327 g/mol. The van der Waals surface area contributed by atoms with Crippen LogP contribution in [-0.4, -0.2) is 17.9 Å². The molecule has 3 nitrogen and oxygen atoms in total. The quantitative estimate of drug-likeness (QED) is 0.258. The van der Waals surface area contributed by atoms with Crippen molar-refractivity contribution in [1.29, 1.82) is 0 Å². The van der Waals surface area contributed by atoms with Crippen LogP contribution < -0.4 is 0 Å². The number of hydrogen-bond donors (Lipinski definition) is 0. The molecule has 23 heavy (non-hydrogen) atoms. The average Bonchev–Trinajstić information content (AvgIpc) is 2.51. The predicted octanol–water partition coefficient (Wildman–Crippen LogP) is 5.99. The highest BCUT2D eigenvalue weighted by molar-refractivity contribution is 5.79. The van der Waals surface area contributed by atoms with Crippen LogP contribution in [0.5, 0.6) is 0 Å². The molecule has 0 spiro atoms. The van der Waals surface area contributed by atoms with E-state index in [1.807, 2.05) is 6.92 Å². The monoisotopic (exact) mass is 326 g/mol. The fraction of sp³-hybridized carbons (Fsp3) is 0.900. The van der Waals surface area contributed by atoms with Crippen LogP contribution in [0.25, 0.3) is 0 Å². The first kappa shape index (κ1) is 22.1. The molecule has 0 rings (SSSR count). The molecule has 0 aromatic carbocycles. The molecule has 0 aliphatic rings. The van der Waals surface area contributed by atoms with Crippen molar-refractivity contribution in [3.05, 3.63) is 0 Å². The van der Waals surface area contributed by atoms with Gasteiger partial charge < -0.3 is 4.74 Å². The van der Waals surface area contributed by atoms with Crippen molar-refractivity contribution >= 4 is 11.8 Å². The second-order valence-electron chi connectivity index (χ2n) is 6.73. The molecule has 3 heteroatoms. The van der Waals surface area contributed by atoms with Gasteiger partial charge in [0.25, 0.3) is 0 Å². The van der Waals surface area contributed by atoms with Gasteiger partial charge in [-0.05, 0) is 19.8 Å². The normalized spacial score (nSPS) is 12.1. The lowest BCUT2D eigenvalue weighted by atomic mass is 10.1. The zero-order chi connectivity index (χ0) is 17.3. The van der Waals surface area contributed by atoms with E-state index >= 15 is 0 Å². The molecule has 0 N–H and O–H groups in total. The van der Waals surface area contributed by atoms with Gasteiger partial charge in [0.2, 0.25) is 0 Å². The zero-order valence-electron chi connectivity index (χ0n) is 15.7. The molecule has 0 aliphatic carbocycles. The van der Waals surface area contributed by atoms with Gasteiger partial charge in [-0.3, -0.25) is 9.59 Å². The van der Waals surface area contributed by atoms with Gasteiger partial charge in [-0.25, -0.2) is 0 Å². The van der Waals surface area contributed by atoms with Crippen molar-refractivity contribution in [3.63, 3.8) is 0 Å². The summed E-state index contributed by atoms with van der Waals surface area (Å²) in [5.74, 6) is 0.0546. The number of carbonyl (C=O) groups is 2. The van der Waals surface area contributed by atoms with Crippen LogP contribution in [0.4, 0.5) is 0 Å². The first-order valence-corrected chi connectivity index (χ1v) is 9.81. The second-order valence-corrected chi connectivity index (χ2v) is 6.73. The van der Waals surface area contributed by atoms with Crippen molar-refractivity contribution in [3.8, 4) is 0 Å². The van der Waals surface area contributed by atoms with E-state index in [0.717, 1.165) is 25.7 Å². The molecule has 0 amide bonds. The van der Waals surface area contributed by atoms with E-state index in [1.165, 1.54) is 44.9 Å². The van der Waals surface area contributed by atoms with Crippen LogP contribution in [0.2, 0.25) is 0 Å². The number of hydrogen-bond acceptors (Lipinski definition) is 3. The van der Waals surface area contributed by atoms with E-state index in [4.69, 9.17) is 4.74 Å². The van der Waals surface area contributed by atoms with Crippen molar-refractivity contribution in [2.75, 3.05) is 0 Å². The molecular weight excluding hydrogens is 288 g/mol. The highest BCUT2D eigenvalue weighted by atomic mass is 16.5. The maximum Gasteiger partial charge on any atom is 0.306 e. The molecule has 0 aromatic heterocycles. The SMILES string of the molecule is CCCCCCCCCCCC(=O)O[C@H](C)CC(=O)CCCC. The number of esters is 1. The number of Topliss-reactive ketones (excluding diaryl/α,β-unsaturated/α-hetero) is 1. The topological polar surface area (TPSA) is 43.4 Å². The van der Waals surface area contributed by atoms with Crippen LogP contribution in [0.15, 0.2) is 0 Å². The number of ketones is 1. The molecule has 1 atom stereocenters. The minimum absolute atomic E-state index is 0.149. The van der Waals surface area contributed by atoms with E-state index < -0.39 is 0 Å². The Labute approximate surface area is 143 Å². The largest absolute Gasteiger partial charge is 0.462 e. The molecular formula is C20H38O3. The standard InChI is InChI=1S/C20H38O3/c1-4-6-8-9-10-11-12-13-14-16-20(22)23-18(3)17-19(21)15-7-5-2/h18H,4-17H2,1-3H3/t18-/m1/s1. The van der Waals surface area contributed by atoms with Crippen molar-refractivity contribution in [2.45, 2.75) is 117 Å². The molecule has 0 saturated carbocycles. The predicted molar refractivity (Wildman–Crippen MR) is 96.5 cm³/mol. The van der Waals surface area contributed by atoms with Crippen LogP contribution in [0.3, 0.4) is 0 Å². The fourth-order valence-corrected chi connectivity index (χ4v) is 2.70. The first-order chi connectivity index (χ1) is 11.1. The lowest BCUT2D eigenvalue weighted by Crippen LogP contribution is -2.18. The molecule has 0 heterocycles. The summed E-state index contributed by atoms with van der Waals surface area (Å²) in [7, 11) is 0. The Bertz CT molecular complexity index is 299. The van der Waals surface area contributed by atoms with Crippen molar-refractivity contribution < 1.29 is 14.3 Å². The molecule has 0 unspecified atom stereocenters. The van der Waals surface area contributed by atoms with Gasteiger partial charge in [-0.15, -0.1) is 0 Å². The summed E-state index contributed by atoms with van der Waals surface area (Å²) in [6.45, 7) is 6.13. The van der Waals surface area contributed by atoms with Crippen LogP contribution in [0, 0.1) is 0 Å². The summed E-state index contributed by atoms with van der Waals surface area (Å²) in [5.41, 5.74) is 0. The lowest BCUT2D eigenvalue weighted by Gasteiger charge is -2.12. The van der Waals surface area contributed by atoms with Crippen molar-refractivity contribution in [2.24, 2.45) is 0 Å². The molecule has 0 aliphatic heterocycles. The molecule has 136 valence electrons. The summed E-state index contributed by atoms with van der Waals surface area (Å²) in [6.07, 6.45) is 14.3. The van der Waals surface area contributed by atoms with E-state index in [0.29, 0.717) is 19.3 Å². The number of rotatable bonds is 16. The summed E-state index contributed by atoms with van der Waals surface area (Å²) in [4.78, 5) is 23.4. The Morgan fingerprint density at radius 2 is 1.26 bits per heavy atom. The lowest BCUT2D eigenvalue weighted by molar-refractivity contribution is -0.149. The number of ether oxygens (including phenoxy) is 1. The Balaban J connectivity index is 3.47. The third-order valence-electron chi connectivity index (χ3n) is 4.14. The van der Waals surface area contributed by atoms with Gasteiger partial charge in [0.15, 0.2) is 0 Å². The Kier molecular flexibility index (Phi) is 15.4. The van der Waals surface area contributed by atoms with Gasteiger partial charge in [-0.2, -0.15) is 0 Å². The van der Waals surface area contributed by atoms with E-state index in [9.17, 15) is 9.59 Å². The summed E-state index contributed by atoms with van der Waals surface area (Å²) in [5, 5.41) is 0. The van der Waals surface area contributed by atoms with Gasteiger partial charge >= 0.3 is 5.97 Å².